The van der Waals surface area contributed by atoms with Crippen LogP contribution in [0.3, 0.4) is 0 Å². The number of carbonyl (C=O) groups is 2. The number of hydrogen-bond acceptors (Lipinski definition) is 5. The van der Waals surface area contributed by atoms with E-state index in [0.29, 0.717) is 19.5 Å². The molecule has 8 heteroatoms. The van der Waals surface area contributed by atoms with Gasteiger partial charge < -0.3 is 14.7 Å². The predicted octanol–water partition coefficient (Wildman–Crippen LogP) is 1.47. The molecule has 1 aliphatic carbocycles. The van der Waals surface area contributed by atoms with Crippen LogP contribution in [0, 0.1) is 5.92 Å². The van der Waals surface area contributed by atoms with Gasteiger partial charge in [-0.15, -0.1) is 0 Å². The highest BCUT2D eigenvalue weighted by molar-refractivity contribution is 7.93. The molecule has 0 radical (unpaired) electrons. The van der Waals surface area contributed by atoms with Gasteiger partial charge in [0.05, 0.1) is 23.0 Å². The van der Waals surface area contributed by atoms with Gasteiger partial charge in [0.1, 0.15) is 0 Å². The Morgan fingerprint density at radius 1 is 1.07 bits per heavy atom. The lowest BCUT2D eigenvalue weighted by Crippen LogP contribution is -2.57. The van der Waals surface area contributed by atoms with Crippen LogP contribution in [0.1, 0.15) is 32.1 Å². The van der Waals surface area contributed by atoms with Crippen LogP contribution in [0.5, 0.6) is 0 Å². The van der Waals surface area contributed by atoms with Crippen LogP contribution in [0.15, 0.2) is 35.2 Å². The third-order valence-electron chi connectivity index (χ3n) is 6.15. The van der Waals surface area contributed by atoms with Gasteiger partial charge in [-0.05, 0) is 37.8 Å². The molecule has 2 heterocycles. The van der Waals surface area contributed by atoms with Crippen LogP contribution >= 0.6 is 0 Å². The molecule has 4 rings (SSSR count). The van der Waals surface area contributed by atoms with Crippen LogP contribution < -0.4 is 0 Å². The molecule has 0 aromatic heterocycles. The van der Waals surface area contributed by atoms with E-state index in [4.69, 9.17) is 4.74 Å². The maximum absolute atomic E-state index is 13.4. The van der Waals surface area contributed by atoms with Crippen molar-refractivity contribution in [3.05, 3.63) is 30.3 Å². The van der Waals surface area contributed by atoms with E-state index in [9.17, 15) is 23.1 Å². The summed E-state index contributed by atoms with van der Waals surface area (Å²) in [7, 11) is -4.22. The fraction of sp³-hybridized carbons (Fsp3) is 0.579. The quantitative estimate of drug-likeness (QED) is 0.831. The molecule has 7 nitrogen and oxygen atoms in total. The van der Waals surface area contributed by atoms with Crippen molar-refractivity contribution in [3.8, 4) is 0 Å². The lowest BCUT2D eigenvalue weighted by Gasteiger charge is -2.37. The number of likely N-dealkylation sites (tertiary alicyclic amines) is 1. The summed E-state index contributed by atoms with van der Waals surface area (Å²) in [5.74, 6) is -2.87. The summed E-state index contributed by atoms with van der Waals surface area (Å²) < 4.78 is 30.4. The van der Waals surface area contributed by atoms with Crippen molar-refractivity contribution in [3.63, 3.8) is 0 Å². The monoisotopic (exact) mass is 393 g/mol. The molecule has 3 aliphatic rings. The van der Waals surface area contributed by atoms with E-state index in [2.05, 4.69) is 0 Å². The first-order valence-electron chi connectivity index (χ1n) is 9.33. The number of fused-ring (bicyclic) bond motifs is 2. The van der Waals surface area contributed by atoms with Gasteiger partial charge in [-0.1, -0.05) is 24.6 Å². The number of carboxylic acids is 1. The molecule has 0 spiro atoms. The van der Waals surface area contributed by atoms with E-state index in [1.54, 1.807) is 23.1 Å². The summed E-state index contributed by atoms with van der Waals surface area (Å²) in [6.45, 7) is 0.819. The van der Waals surface area contributed by atoms with Crippen molar-refractivity contribution in [2.75, 3.05) is 13.1 Å². The molecule has 2 bridgehead atoms. The highest BCUT2D eigenvalue weighted by atomic mass is 32.2. The number of amides is 1. The Bertz CT molecular complexity index is 842. The molecule has 27 heavy (non-hydrogen) atoms. The standard InChI is InChI=1S/C19H23NO6S/c21-17(20-11-13-8-9-14(12-20)26-13)16-7-4-10-19(16,18(22)23)27(24,25)15-5-2-1-3-6-15/h1-3,5-6,13-14,16H,4,7-12H2,(H,22,23)/t13-,14+,16-,19-/m1/s1. The van der Waals surface area contributed by atoms with Gasteiger partial charge in [-0.2, -0.15) is 0 Å². The summed E-state index contributed by atoms with van der Waals surface area (Å²) in [4.78, 5) is 27.1. The zero-order valence-electron chi connectivity index (χ0n) is 14.9. The zero-order chi connectivity index (χ0) is 19.2. The van der Waals surface area contributed by atoms with Gasteiger partial charge >= 0.3 is 5.97 Å². The fourth-order valence-corrected chi connectivity index (χ4v) is 6.99. The zero-order valence-corrected chi connectivity index (χ0v) is 15.7. The Labute approximate surface area is 158 Å². The van der Waals surface area contributed by atoms with Crippen molar-refractivity contribution in [2.45, 2.75) is 54.0 Å². The number of morpholine rings is 1. The average molecular weight is 393 g/mol. The summed E-state index contributed by atoms with van der Waals surface area (Å²) in [5, 5.41) is 10.0. The van der Waals surface area contributed by atoms with Gasteiger partial charge in [-0.25, -0.2) is 8.42 Å². The summed E-state index contributed by atoms with van der Waals surface area (Å²) in [6.07, 6.45) is 2.32. The SMILES string of the molecule is O=C([C@H]1CCC[C@@]1(C(=O)O)S(=O)(=O)c1ccccc1)N1C[C@H]2CC[C@@H](C1)O2. The number of aliphatic carboxylic acids is 1. The number of sulfone groups is 1. The summed E-state index contributed by atoms with van der Waals surface area (Å²) in [6, 6.07) is 7.60. The van der Waals surface area contributed by atoms with Crippen LogP contribution in [0.25, 0.3) is 0 Å². The van der Waals surface area contributed by atoms with Gasteiger partial charge in [0, 0.05) is 13.1 Å². The molecule has 1 aromatic rings. The van der Waals surface area contributed by atoms with Crippen LogP contribution in [0.2, 0.25) is 0 Å². The number of rotatable bonds is 4. The summed E-state index contributed by atoms with van der Waals surface area (Å²) >= 11 is 0. The molecular formula is C19H23NO6S. The first kappa shape index (κ1) is 18.4. The smallest absolute Gasteiger partial charge is 0.326 e. The molecule has 3 fully saturated rings. The predicted molar refractivity (Wildman–Crippen MR) is 95.8 cm³/mol. The van der Waals surface area contributed by atoms with E-state index >= 15 is 0 Å². The Hall–Kier alpha value is -1.93. The number of hydrogen-bond donors (Lipinski definition) is 1. The number of carboxylic acid groups (broad SMARTS) is 1. The first-order chi connectivity index (χ1) is 12.9. The van der Waals surface area contributed by atoms with Gasteiger partial charge in [0.2, 0.25) is 5.91 Å². The second-order valence-electron chi connectivity index (χ2n) is 7.66. The molecule has 2 aliphatic heterocycles. The number of carbonyl (C=O) groups excluding carboxylic acids is 1. The molecule has 0 unspecified atom stereocenters. The molecule has 1 N–H and O–H groups in total. The second kappa shape index (κ2) is 6.60. The fourth-order valence-electron chi connectivity index (χ4n) is 4.82. The maximum atomic E-state index is 13.4. The van der Waals surface area contributed by atoms with Gasteiger partial charge in [0.25, 0.3) is 0 Å². The minimum absolute atomic E-state index is 0.0286. The highest BCUT2D eigenvalue weighted by Gasteiger charge is 2.62. The van der Waals surface area contributed by atoms with Crippen molar-refractivity contribution in [2.24, 2.45) is 5.92 Å². The van der Waals surface area contributed by atoms with Crippen molar-refractivity contribution in [1.82, 2.24) is 4.90 Å². The van der Waals surface area contributed by atoms with Crippen molar-refractivity contribution < 1.29 is 27.9 Å². The van der Waals surface area contributed by atoms with Crippen LogP contribution in [-0.4, -0.2) is 60.3 Å². The second-order valence-corrected chi connectivity index (χ2v) is 9.86. The minimum atomic E-state index is -4.22. The Morgan fingerprint density at radius 3 is 2.30 bits per heavy atom. The Morgan fingerprint density at radius 2 is 1.70 bits per heavy atom. The molecule has 1 aromatic carbocycles. The number of ether oxygens (including phenoxy) is 1. The normalized spacial score (nSPS) is 33.2. The highest BCUT2D eigenvalue weighted by Crippen LogP contribution is 2.46. The van der Waals surface area contributed by atoms with Crippen molar-refractivity contribution in [1.29, 1.82) is 0 Å². The Kier molecular flexibility index (Phi) is 4.50. The topological polar surface area (TPSA) is 101 Å². The van der Waals surface area contributed by atoms with Crippen molar-refractivity contribution >= 4 is 21.7 Å². The van der Waals surface area contributed by atoms with E-state index in [1.165, 1.54) is 12.1 Å². The Balaban J connectivity index is 1.71. The molecule has 1 amide bonds. The molecule has 2 saturated heterocycles. The molecular weight excluding hydrogens is 370 g/mol. The van der Waals surface area contributed by atoms with E-state index in [0.717, 1.165) is 12.8 Å². The third kappa shape index (κ3) is 2.77. The molecule has 4 atom stereocenters. The third-order valence-corrected chi connectivity index (χ3v) is 8.67. The van der Waals surface area contributed by atoms with E-state index < -0.39 is 26.5 Å². The number of benzene rings is 1. The maximum Gasteiger partial charge on any atom is 0.326 e. The lowest BCUT2D eigenvalue weighted by molar-refractivity contribution is -0.151. The minimum Gasteiger partial charge on any atom is -0.480 e. The lowest BCUT2D eigenvalue weighted by atomic mass is 9.93. The van der Waals surface area contributed by atoms with Crippen LogP contribution in [0.4, 0.5) is 0 Å². The molecule has 1 saturated carbocycles. The molecule has 146 valence electrons. The average Bonchev–Trinajstić information content (AvgIpc) is 3.26. The summed E-state index contributed by atoms with van der Waals surface area (Å²) in [5.41, 5.74) is 0. The van der Waals surface area contributed by atoms with Gasteiger partial charge in [-0.3, -0.25) is 9.59 Å². The largest absolute Gasteiger partial charge is 0.480 e. The van der Waals surface area contributed by atoms with E-state index in [1.807, 2.05) is 0 Å². The van der Waals surface area contributed by atoms with Crippen LogP contribution in [-0.2, 0) is 24.2 Å². The first-order valence-corrected chi connectivity index (χ1v) is 10.8. The van der Waals surface area contributed by atoms with Gasteiger partial charge in [0.15, 0.2) is 14.6 Å². The van der Waals surface area contributed by atoms with E-state index in [-0.39, 0.29) is 35.9 Å². The number of nitrogens with zero attached hydrogens (tertiary/aromatic N) is 1.